The number of hydrogen-bond acceptors (Lipinski definition) is 2. The van der Waals surface area contributed by atoms with Crippen molar-refractivity contribution in [3.8, 4) is 0 Å². The van der Waals surface area contributed by atoms with Crippen molar-refractivity contribution in [2.45, 2.75) is 50.7 Å². The third-order valence-electron chi connectivity index (χ3n) is 4.72. The van der Waals surface area contributed by atoms with Gasteiger partial charge < -0.3 is 0 Å². The van der Waals surface area contributed by atoms with E-state index in [9.17, 15) is 13.2 Å². The molecule has 0 saturated heterocycles. The molecule has 3 atom stereocenters. The zero-order chi connectivity index (χ0) is 15.0. The lowest BCUT2D eigenvalue weighted by Gasteiger charge is -2.43. The number of nitrogens with one attached hydrogen (secondary N) is 1. The summed E-state index contributed by atoms with van der Waals surface area (Å²) in [6, 6.07) is 5.67. The minimum absolute atomic E-state index is 0. The Morgan fingerprint density at radius 1 is 1.29 bits per heavy atom. The van der Waals surface area contributed by atoms with Crippen molar-refractivity contribution in [3.05, 3.63) is 35.4 Å². The first-order valence-electron chi connectivity index (χ1n) is 6.91. The van der Waals surface area contributed by atoms with Gasteiger partial charge >= 0.3 is 6.18 Å². The highest BCUT2D eigenvalue weighted by atomic mass is 35.5. The van der Waals surface area contributed by atoms with E-state index in [1.807, 2.05) is 6.92 Å². The number of hydrazine groups is 1. The van der Waals surface area contributed by atoms with Crippen LogP contribution in [0.5, 0.6) is 0 Å². The van der Waals surface area contributed by atoms with E-state index in [4.69, 9.17) is 5.84 Å². The van der Waals surface area contributed by atoms with Crippen LogP contribution in [-0.2, 0) is 6.18 Å². The maximum Gasteiger partial charge on any atom is 0.416 e. The molecule has 0 aromatic heterocycles. The fourth-order valence-electron chi connectivity index (χ4n) is 3.04. The molecule has 1 aromatic carbocycles. The predicted octanol–water partition coefficient (Wildman–Crippen LogP) is 4.25. The lowest BCUT2D eigenvalue weighted by Crippen LogP contribution is -2.54. The second-order valence-corrected chi connectivity index (χ2v) is 6.06. The van der Waals surface area contributed by atoms with E-state index in [0.717, 1.165) is 30.9 Å². The smallest absolute Gasteiger partial charge is 0.271 e. The van der Waals surface area contributed by atoms with Crippen molar-refractivity contribution in [3.63, 3.8) is 0 Å². The summed E-state index contributed by atoms with van der Waals surface area (Å²) in [5.74, 6) is 6.17. The summed E-state index contributed by atoms with van der Waals surface area (Å²) in [7, 11) is 0. The van der Waals surface area contributed by atoms with E-state index in [1.54, 1.807) is 6.07 Å². The average Bonchev–Trinajstić information content (AvgIpc) is 2.41. The first-order valence-corrected chi connectivity index (χ1v) is 6.91. The molecule has 120 valence electrons. The van der Waals surface area contributed by atoms with Crippen molar-refractivity contribution in [1.29, 1.82) is 0 Å². The van der Waals surface area contributed by atoms with Gasteiger partial charge in [-0.1, -0.05) is 25.1 Å². The van der Waals surface area contributed by atoms with E-state index in [-0.39, 0.29) is 23.9 Å². The van der Waals surface area contributed by atoms with Crippen molar-refractivity contribution < 1.29 is 13.2 Å². The normalized spacial score (nSPS) is 29.8. The summed E-state index contributed by atoms with van der Waals surface area (Å²) in [5, 5.41) is 0. The molecule has 2 nitrogen and oxygen atoms in total. The molecule has 21 heavy (non-hydrogen) atoms. The van der Waals surface area contributed by atoms with Crippen LogP contribution in [0.4, 0.5) is 13.2 Å². The number of nitrogens with two attached hydrogens (primary N) is 1. The van der Waals surface area contributed by atoms with E-state index in [1.165, 1.54) is 12.1 Å². The van der Waals surface area contributed by atoms with Gasteiger partial charge in [-0.2, -0.15) is 13.2 Å². The first kappa shape index (κ1) is 18.3. The molecule has 1 aliphatic rings. The second-order valence-electron chi connectivity index (χ2n) is 6.06. The van der Waals surface area contributed by atoms with Crippen LogP contribution in [0.25, 0.3) is 0 Å². The molecule has 1 aromatic rings. The van der Waals surface area contributed by atoms with Gasteiger partial charge in [0.25, 0.3) is 0 Å². The molecule has 1 saturated carbocycles. The minimum atomic E-state index is -4.28. The summed E-state index contributed by atoms with van der Waals surface area (Å²) in [5.41, 5.74) is 2.81. The predicted molar refractivity (Wildman–Crippen MR) is 80.2 cm³/mol. The lowest BCUT2D eigenvalue weighted by molar-refractivity contribution is -0.137. The van der Waals surface area contributed by atoms with Crippen LogP contribution < -0.4 is 11.3 Å². The Labute approximate surface area is 129 Å². The maximum absolute atomic E-state index is 12.8. The largest absolute Gasteiger partial charge is 0.416 e. The highest BCUT2D eigenvalue weighted by Gasteiger charge is 2.38. The summed E-state index contributed by atoms with van der Waals surface area (Å²) in [6.45, 7) is 4.17. The number of halogens is 4. The van der Waals surface area contributed by atoms with Crippen LogP contribution in [0.15, 0.2) is 24.3 Å². The van der Waals surface area contributed by atoms with Gasteiger partial charge in [-0.05, 0) is 49.7 Å². The molecule has 0 bridgehead atoms. The quantitative estimate of drug-likeness (QED) is 0.631. The van der Waals surface area contributed by atoms with Gasteiger partial charge in [0, 0.05) is 5.54 Å². The van der Waals surface area contributed by atoms with Crippen molar-refractivity contribution in [2.75, 3.05) is 0 Å². The molecule has 6 heteroatoms. The number of rotatable bonds is 2. The summed E-state index contributed by atoms with van der Waals surface area (Å²) in [6.07, 6.45) is -1.67. The van der Waals surface area contributed by atoms with Crippen LogP contribution in [0.3, 0.4) is 0 Å². The number of hydrogen-bond donors (Lipinski definition) is 2. The van der Waals surface area contributed by atoms with E-state index >= 15 is 0 Å². The van der Waals surface area contributed by atoms with Gasteiger partial charge in [0.15, 0.2) is 0 Å². The Bertz CT molecular complexity index is 478. The summed E-state index contributed by atoms with van der Waals surface area (Å²) < 4.78 is 38.3. The fraction of sp³-hybridized carbons (Fsp3) is 0.600. The van der Waals surface area contributed by atoms with Crippen LogP contribution >= 0.6 is 12.4 Å². The SMILES string of the molecule is CC1CCC(c2cccc(C(F)(F)F)c2)CC1(C)NN.Cl. The molecule has 1 aliphatic carbocycles. The monoisotopic (exact) mass is 322 g/mol. The highest BCUT2D eigenvalue weighted by molar-refractivity contribution is 5.85. The zero-order valence-corrected chi connectivity index (χ0v) is 13.0. The Morgan fingerprint density at radius 2 is 1.95 bits per heavy atom. The molecule has 3 N–H and O–H groups in total. The maximum atomic E-state index is 12.8. The third kappa shape index (κ3) is 3.90. The van der Waals surface area contributed by atoms with Crippen molar-refractivity contribution in [2.24, 2.45) is 11.8 Å². The number of alkyl halides is 3. The average molecular weight is 323 g/mol. The Balaban J connectivity index is 0.00000220. The van der Waals surface area contributed by atoms with Gasteiger partial charge in [0.05, 0.1) is 5.56 Å². The topological polar surface area (TPSA) is 38.0 Å². The molecular formula is C15H22ClF3N2. The molecular weight excluding hydrogens is 301 g/mol. The second kappa shape index (κ2) is 6.55. The van der Waals surface area contributed by atoms with Crippen molar-refractivity contribution in [1.82, 2.24) is 5.43 Å². The van der Waals surface area contributed by atoms with Gasteiger partial charge in [-0.15, -0.1) is 12.4 Å². The Kier molecular flexibility index (Phi) is 5.69. The third-order valence-corrected chi connectivity index (χ3v) is 4.72. The molecule has 1 fully saturated rings. The van der Waals surface area contributed by atoms with E-state index in [2.05, 4.69) is 12.3 Å². The Morgan fingerprint density at radius 3 is 2.52 bits per heavy atom. The lowest BCUT2D eigenvalue weighted by atomic mass is 9.68. The van der Waals surface area contributed by atoms with Gasteiger partial charge in [0.1, 0.15) is 0 Å². The first-order chi connectivity index (χ1) is 9.26. The van der Waals surface area contributed by atoms with E-state index in [0.29, 0.717) is 5.92 Å². The van der Waals surface area contributed by atoms with Crippen molar-refractivity contribution >= 4 is 12.4 Å². The number of benzene rings is 1. The minimum Gasteiger partial charge on any atom is -0.271 e. The molecule has 2 rings (SSSR count). The standard InChI is InChI=1S/C15H21F3N2.ClH/c1-10-6-7-12(9-14(10,2)20-19)11-4-3-5-13(8-11)15(16,17)18;/h3-5,8,10,12,20H,6-7,9,19H2,1-2H3;1H. The molecule has 3 unspecified atom stereocenters. The Hall–Kier alpha value is -0.780. The zero-order valence-electron chi connectivity index (χ0n) is 12.2. The summed E-state index contributed by atoms with van der Waals surface area (Å²) >= 11 is 0. The molecule has 0 radical (unpaired) electrons. The van der Waals surface area contributed by atoms with Crippen LogP contribution in [-0.4, -0.2) is 5.54 Å². The van der Waals surface area contributed by atoms with E-state index < -0.39 is 11.7 Å². The van der Waals surface area contributed by atoms with Crippen LogP contribution in [0.1, 0.15) is 50.2 Å². The molecule has 0 amide bonds. The van der Waals surface area contributed by atoms with Gasteiger partial charge in [-0.25, -0.2) is 0 Å². The molecule has 0 heterocycles. The van der Waals surface area contributed by atoms with Gasteiger partial charge in [-0.3, -0.25) is 11.3 Å². The molecule has 0 spiro atoms. The molecule has 0 aliphatic heterocycles. The highest BCUT2D eigenvalue weighted by Crippen LogP contribution is 2.42. The summed E-state index contributed by atoms with van der Waals surface area (Å²) in [4.78, 5) is 0. The van der Waals surface area contributed by atoms with Gasteiger partial charge in [0.2, 0.25) is 0 Å². The van der Waals surface area contributed by atoms with Crippen LogP contribution in [0, 0.1) is 5.92 Å². The van der Waals surface area contributed by atoms with Crippen LogP contribution in [0.2, 0.25) is 0 Å². The fourth-order valence-corrected chi connectivity index (χ4v) is 3.04.